The SMILES string of the molecule is CNC(=O)C1CC2CN(Cc3c(C)noc3C)CC1O2. The van der Waals surface area contributed by atoms with Gasteiger partial charge in [0.05, 0.1) is 23.8 Å². The third-order valence-corrected chi connectivity index (χ3v) is 4.38. The van der Waals surface area contributed by atoms with Gasteiger partial charge < -0.3 is 14.6 Å². The number of aryl methyl sites for hydroxylation is 2. The van der Waals surface area contributed by atoms with Crippen LogP contribution in [0.5, 0.6) is 0 Å². The molecule has 2 bridgehead atoms. The van der Waals surface area contributed by atoms with Gasteiger partial charge in [-0.15, -0.1) is 0 Å². The highest BCUT2D eigenvalue weighted by molar-refractivity contribution is 5.79. The normalized spacial score (nSPS) is 29.6. The number of hydrogen-bond acceptors (Lipinski definition) is 5. The summed E-state index contributed by atoms with van der Waals surface area (Å²) in [6.07, 6.45) is 0.994. The lowest BCUT2D eigenvalue weighted by Crippen LogP contribution is -2.44. The summed E-state index contributed by atoms with van der Waals surface area (Å²) in [5.41, 5.74) is 2.10. The number of carbonyl (C=O) groups excluding carboxylic acids is 1. The van der Waals surface area contributed by atoms with E-state index in [1.165, 1.54) is 0 Å². The Hall–Kier alpha value is -1.40. The van der Waals surface area contributed by atoms with Gasteiger partial charge in [0, 0.05) is 32.2 Å². The van der Waals surface area contributed by atoms with Crippen LogP contribution in [-0.2, 0) is 16.1 Å². The fourth-order valence-corrected chi connectivity index (χ4v) is 3.28. The lowest BCUT2D eigenvalue weighted by Gasteiger charge is -2.32. The summed E-state index contributed by atoms with van der Waals surface area (Å²) in [6, 6.07) is 0. The number of carbonyl (C=O) groups is 1. The second kappa shape index (κ2) is 5.18. The van der Waals surface area contributed by atoms with Crippen LogP contribution in [0.15, 0.2) is 4.52 Å². The summed E-state index contributed by atoms with van der Waals surface area (Å²) in [5.74, 6) is 0.959. The van der Waals surface area contributed by atoms with E-state index in [9.17, 15) is 4.79 Å². The standard InChI is InChI=1S/C14H21N3O3/c1-8-12(9(2)20-16-8)6-17-5-10-4-11(14(18)15-3)13(7-17)19-10/h10-11,13H,4-7H2,1-3H3,(H,15,18). The lowest BCUT2D eigenvalue weighted by atomic mass is 10.00. The molecule has 0 aromatic carbocycles. The Morgan fingerprint density at radius 1 is 1.45 bits per heavy atom. The lowest BCUT2D eigenvalue weighted by molar-refractivity contribution is -0.127. The fraction of sp³-hybridized carbons (Fsp3) is 0.714. The molecule has 0 saturated carbocycles. The topological polar surface area (TPSA) is 67.6 Å². The van der Waals surface area contributed by atoms with Gasteiger partial charge >= 0.3 is 0 Å². The molecule has 2 aliphatic rings. The molecule has 0 radical (unpaired) electrons. The predicted octanol–water partition coefficient (Wildman–Crippen LogP) is 0.627. The Bertz CT molecular complexity index is 494. The molecule has 3 rings (SSSR count). The molecule has 0 aliphatic carbocycles. The summed E-state index contributed by atoms with van der Waals surface area (Å²) in [5, 5.41) is 6.73. The molecule has 3 heterocycles. The van der Waals surface area contributed by atoms with Gasteiger partial charge in [-0.25, -0.2) is 0 Å². The van der Waals surface area contributed by atoms with Crippen molar-refractivity contribution < 1.29 is 14.1 Å². The molecule has 110 valence electrons. The second-order valence-electron chi connectivity index (χ2n) is 5.75. The molecule has 1 aromatic heterocycles. The fourth-order valence-electron chi connectivity index (χ4n) is 3.28. The number of aromatic nitrogens is 1. The number of amides is 1. The molecule has 3 atom stereocenters. The van der Waals surface area contributed by atoms with E-state index in [0.717, 1.165) is 43.1 Å². The van der Waals surface area contributed by atoms with Crippen molar-refractivity contribution in [3.8, 4) is 0 Å². The molecule has 0 spiro atoms. The molecule has 2 aliphatic heterocycles. The van der Waals surface area contributed by atoms with Gasteiger partial charge in [0.2, 0.25) is 5.91 Å². The van der Waals surface area contributed by atoms with E-state index in [0.29, 0.717) is 0 Å². The van der Waals surface area contributed by atoms with Crippen LogP contribution in [-0.4, -0.2) is 48.3 Å². The van der Waals surface area contributed by atoms with Crippen LogP contribution >= 0.6 is 0 Å². The minimum atomic E-state index is -0.0142. The average Bonchev–Trinajstić information content (AvgIpc) is 2.91. The van der Waals surface area contributed by atoms with Gasteiger partial charge in [-0.1, -0.05) is 5.16 Å². The van der Waals surface area contributed by atoms with Crippen molar-refractivity contribution >= 4 is 5.91 Å². The first kappa shape index (κ1) is 13.6. The minimum Gasteiger partial charge on any atom is -0.371 e. The molecule has 1 amide bonds. The molecular formula is C14H21N3O3. The quantitative estimate of drug-likeness (QED) is 0.879. The van der Waals surface area contributed by atoms with Crippen LogP contribution in [0.1, 0.15) is 23.4 Å². The maximum Gasteiger partial charge on any atom is 0.225 e. The van der Waals surface area contributed by atoms with Gasteiger partial charge in [0.15, 0.2) is 0 Å². The maximum atomic E-state index is 11.9. The van der Waals surface area contributed by atoms with E-state index in [4.69, 9.17) is 9.26 Å². The molecule has 20 heavy (non-hydrogen) atoms. The first-order chi connectivity index (χ1) is 9.58. The summed E-state index contributed by atoms with van der Waals surface area (Å²) < 4.78 is 11.1. The molecule has 6 nitrogen and oxygen atoms in total. The van der Waals surface area contributed by atoms with Crippen LogP contribution in [0.25, 0.3) is 0 Å². The zero-order valence-electron chi connectivity index (χ0n) is 12.2. The van der Waals surface area contributed by atoms with Crippen LogP contribution in [0, 0.1) is 19.8 Å². The van der Waals surface area contributed by atoms with Crippen molar-refractivity contribution in [1.29, 1.82) is 0 Å². The molecule has 6 heteroatoms. The Morgan fingerprint density at radius 2 is 2.25 bits per heavy atom. The third-order valence-electron chi connectivity index (χ3n) is 4.38. The predicted molar refractivity (Wildman–Crippen MR) is 72.1 cm³/mol. The smallest absolute Gasteiger partial charge is 0.225 e. The van der Waals surface area contributed by atoms with Crippen LogP contribution in [0.4, 0.5) is 0 Å². The number of nitrogens with one attached hydrogen (secondary N) is 1. The van der Waals surface area contributed by atoms with Crippen molar-refractivity contribution in [2.24, 2.45) is 5.92 Å². The van der Waals surface area contributed by atoms with Crippen molar-refractivity contribution in [2.75, 3.05) is 20.1 Å². The molecule has 1 aromatic rings. The third kappa shape index (κ3) is 2.33. The number of morpholine rings is 1. The highest BCUT2D eigenvalue weighted by Gasteiger charge is 2.44. The summed E-state index contributed by atoms with van der Waals surface area (Å²) in [7, 11) is 1.69. The number of likely N-dealkylation sites (tertiary alicyclic amines) is 1. The van der Waals surface area contributed by atoms with Gasteiger partial charge in [-0.05, 0) is 20.3 Å². The molecule has 1 N–H and O–H groups in total. The van der Waals surface area contributed by atoms with Gasteiger partial charge in [0.25, 0.3) is 0 Å². The van der Waals surface area contributed by atoms with Gasteiger partial charge in [-0.3, -0.25) is 9.69 Å². The van der Waals surface area contributed by atoms with Crippen LogP contribution in [0.2, 0.25) is 0 Å². The number of fused-ring (bicyclic) bond motifs is 2. The van der Waals surface area contributed by atoms with E-state index < -0.39 is 0 Å². The van der Waals surface area contributed by atoms with E-state index in [1.54, 1.807) is 7.05 Å². The van der Waals surface area contributed by atoms with E-state index in [-0.39, 0.29) is 24.0 Å². The van der Waals surface area contributed by atoms with Crippen molar-refractivity contribution in [2.45, 2.75) is 39.0 Å². The first-order valence-corrected chi connectivity index (χ1v) is 7.09. The number of ether oxygens (including phenoxy) is 1. The Kier molecular flexibility index (Phi) is 3.52. The zero-order valence-corrected chi connectivity index (χ0v) is 12.2. The molecule has 3 unspecified atom stereocenters. The highest BCUT2D eigenvalue weighted by atomic mass is 16.5. The number of nitrogens with zero attached hydrogens (tertiary/aromatic N) is 2. The number of hydrogen-bond donors (Lipinski definition) is 1. The van der Waals surface area contributed by atoms with E-state index >= 15 is 0 Å². The minimum absolute atomic E-state index is 0.00849. The maximum absolute atomic E-state index is 11.9. The Labute approximate surface area is 118 Å². The number of rotatable bonds is 3. The summed E-state index contributed by atoms with van der Waals surface area (Å²) in [4.78, 5) is 14.2. The van der Waals surface area contributed by atoms with Gasteiger partial charge in [-0.2, -0.15) is 0 Å². The van der Waals surface area contributed by atoms with Gasteiger partial charge in [0.1, 0.15) is 5.76 Å². The summed E-state index contributed by atoms with van der Waals surface area (Å²) >= 11 is 0. The van der Waals surface area contributed by atoms with E-state index in [1.807, 2.05) is 13.8 Å². The summed E-state index contributed by atoms with van der Waals surface area (Å²) in [6.45, 7) is 6.39. The zero-order chi connectivity index (χ0) is 14.3. The Balaban J connectivity index is 1.69. The largest absolute Gasteiger partial charge is 0.371 e. The Morgan fingerprint density at radius 3 is 2.90 bits per heavy atom. The molecular weight excluding hydrogens is 258 g/mol. The first-order valence-electron chi connectivity index (χ1n) is 7.09. The second-order valence-corrected chi connectivity index (χ2v) is 5.75. The van der Waals surface area contributed by atoms with Crippen molar-refractivity contribution in [3.63, 3.8) is 0 Å². The van der Waals surface area contributed by atoms with E-state index in [2.05, 4.69) is 15.4 Å². The van der Waals surface area contributed by atoms with Crippen molar-refractivity contribution in [1.82, 2.24) is 15.4 Å². The molecule has 2 saturated heterocycles. The van der Waals surface area contributed by atoms with Crippen LogP contribution < -0.4 is 5.32 Å². The molecule has 2 fully saturated rings. The monoisotopic (exact) mass is 279 g/mol. The van der Waals surface area contributed by atoms with Crippen molar-refractivity contribution in [3.05, 3.63) is 17.0 Å². The highest BCUT2D eigenvalue weighted by Crippen LogP contribution is 2.33. The van der Waals surface area contributed by atoms with Crippen LogP contribution in [0.3, 0.4) is 0 Å². The average molecular weight is 279 g/mol.